The summed E-state index contributed by atoms with van der Waals surface area (Å²) in [5.41, 5.74) is 0. The molecule has 0 amide bonds. The van der Waals surface area contributed by atoms with Gasteiger partial charge in [0.05, 0.1) is 0 Å². The van der Waals surface area contributed by atoms with Gasteiger partial charge in [-0.1, -0.05) is 0 Å². The summed E-state index contributed by atoms with van der Waals surface area (Å²) in [5.74, 6) is 0. The Morgan fingerprint density at radius 1 is 1.56 bits per heavy atom. The number of phosphoric acid groups is 1. The topological polar surface area (TPSA) is 96.2 Å². The average molecular weight is 176 g/mol. The minimum Gasteiger partial charge on any atom is -0.328 e. The zero-order valence-electron chi connectivity index (χ0n) is 4.46. The molecule has 0 saturated heterocycles. The second-order valence-electron chi connectivity index (χ2n) is 0.993. The van der Waals surface area contributed by atoms with Crippen LogP contribution in [0.1, 0.15) is 0 Å². The third kappa shape index (κ3) is 6.34. The Labute approximate surface area is 52.7 Å². The largest absolute Gasteiger partial charge is 0.476 e. The number of hydrogen-bond acceptors (Lipinski definition) is 4. The summed E-state index contributed by atoms with van der Waals surface area (Å²) in [6.07, 6.45) is 0. The van der Waals surface area contributed by atoms with Gasteiger partial charge < -0.3 is 19.2 Å². The van der Waals surface area contributed by atoms with Crippen LogP contribution in [0.3, 0.4) is 0 Å². The van der Waals surface area contributed by atoms with Gasteiger partial charge in [-0.2, -0.15) is 0 Å². The van der Waals surface area contributed by atoms with Gasteiger partial charge in [-0.3, -0.25) is 0 Å². The highest BCUT2D eigenvalue weighted by molar-refractivity contribution is 7.57. The maximum absolute atomic E-state index is 9.85. The summed E-state index contributed by atoms with van der Waals surface area (Å²) in [6, 6.07) is 0. The van der Waals surface area contributed by atoms with E-state index in [0.717, 1.165) is 7.11 Å². The molecule has 3 N–H and O–H groups in total. The summed E-state index contributed by atoms with van der Waals surface area (Å²) < 4.78 is 17.5. The van der Waals surface area contributed by atoms with Crippen molar-refractivity contribution in [3.63, 3.8) is 0 Å². The lowest BCUT2D eigenvalue weighted by Crippen LogP contribution is -1.83. The summed E-state index contributed by atoms with van der Waals surface area (Å²) in [5, 5.41) is 0. The Bertz CT molecular complexity index is 116. The van der Waals surface area contributed by atoms with E-state index in [1.807, 2.05) is 0 Å². The zero-order valence-corrected chi connectivity index (χ0v) is 6.25. The third-order valence-corrected chi connectivity index (χ3v) is 2.05. The van der Waals surface area contributed by atoms with Crippen molar-refractivity contribution in [1.29, 1.82) is 0 Å². The molecule has 0 bridgehead atoms. The van der Waals surface area contributed by atoms with Gasteiger partial charge in [-0.05, 0) is 0 Å². The van der Waals surface area contributed by atoms with Crippen molar-refractivity contribution in [2.24, 2.45) is 0 Å². The number of rotatable bonds is 3. The van der Waals surface area contributed by atoms with E-state index < -0.39 is 16.4 Å². The van der Waals surface area contributed by atoms with Crippen molar-refractivity contribution in [2.75, 3.05) is 7.11 Å². The van der Waals surface area contributed by atoms with Crippen LogP contribution in [0.15, 0.2) is 0 Å². The molecule has 0 aliphatic heterocycles. The Hall–Kier alpha value is 0.460. The first kappa shape index (κ1) is 9.46. The maximum atomic E-state index is 9.85. The highest BCUT2D eigenvalue weighted by atomic mass is 31.3. The molecule has 9 heavy (non-hydrogen) atoms. The van der Waals surface area contributed by atoms with E-state index in [-0.39, 0.29) is 0 Å². The van der Waals surface area contributed by atoms with Crippen LogP contribution >= 0.6 is 16.4 Å². The fourth-order valence-corrected chi connectivity index (χ4v) is 1.12. The fraction of sp³-hybridized carbons (Fsp3) is 1.00. The Kier molecular flexibility index (Phi) is 3.77. The van der Waals surface area contributed by atoms with Crippen molar-refractivity contribution in [1.82, 2.24) is 0 Å². The van der Waals surface area contributed by atoms with Crippen LogP contribution in [0.5, 0.6) is 0 Å². The third-order valence-electron chi connectivity index (χ3n) is 0.332. The van der Waals surface area contributed by atoms with E-state index in [2.05, 4.69) is 8.83 Å². The van der Waals surface area contributed by atoms with Gasteiger partial charge in [0.2, 0.25) is 0 Å². The lowest BCUT2D eigenvalue weighted by atomic mass is 11.8. The van der Waals surface area contributed by atoms with E-state index in [1.54, 1.807) is 0 Å². The first-order valence-corrected chi connectivity index (χ1v) is 4.40. The van der Waals surface area contributed by atoms with Crippen molar-refractivity contribution >= 4 is 16.4 Å². The fourth-order valence-electron chi connectivity index (χ4n) is 0.124. The molecule has 0 aromatic carbocycles. The molecule has 6 nitrogen and oxygen atoms in total. The summed E-state index contributed by atoms with van der Waals surface area (Å²) in [6.45, 7) is 0. The molecule has 1 atom stereocenters. The maximum Gasteiger partial charge on any atom is 0.476 e. The standard InChI is InChI=1S/CH6O6P2/c1-6-8(2)7-9(3,4)5/h2H,1H3,(H2,3,4,5). The molecule has 0 aliphatic carbocycles. The molecule has 1 unspecified atom stereocenters. The quantitative estimate of drug-likeness (QED) is 0.522. The van der Waals surface area contributed by atoms with Crippen LogP contribution in [0.25, 0.3) is 0 Å². The molecule has 56 valence electrons. The zero-order chi connectivity index (χ0) is 7.49. The normalized spacial score (nSPS) is 15.6. The lowest BCUT2D eigenvalue weighted by Gasteiger charge is -2.06. The van der Waals surface area contributed by atoms with Gasteiger partial charge in [0.15, 0.2) is 0 Å². The van der Waals surface area contributed by atoms with Crippen LogP contribution in [0.2, 0.25) is 0 Å². The number of hydrogen-bond donors (Lipinski definition) is 3. The summed E-state index contributed by atoms with van der Waals surface area (Å²) in [7, 11) is -5.94. The molecule has 0 fully saturated rings. The Morgan fingerprint density at radius 2 is 2.00 bits per heavy atom. The first-order valence-electron chi connectivity index (χ1n) is 1.74. The van der Waals surface area contributed by atoms with Crippen LogP contribution in [0, 0.1) is 0 Å². The van der Waals surface area contributed by atoms with E-state index in [0.29, 0.717) is 0 Å². The van der Waals surface area contributed by atoms with Crippen LogP contribution < -0.4 is 0 Å². The monoisotopic (exact) mass is 176 g/mol. The van der Waals surface area contributed by atoms with Crippen molar-refractivity contribution in [3.05, 3.63) is 0 Å². The molecule has 0 spiro atoms. The van der Waals surface area contributed by atoms with E-state index >= 15 is 0 Å². The molecule has 0 aliphatic rings. The Balaban J connectivity index is 3.60. The lowest BCUT2D eigenvalue weighted by molar-refractivity contribution is 0.246. The molecule has 0 rings (SSSR count). The minimum atomic E-state index is -4.58. The highest BCUT2D eigenvalue weighted by Crippen LogP contribution is 2.51. The van der Waals surface area contributed by atoms with Crippen molar-refractivity contribution < 1.29 is 28.1 Å². The smallest absolute Gasteiger partial charge is 0.328 e. The Morgan fingerprint density at radius 3 is 2.11 bits per heavy atom. The molecule has 8 heteroatoms. The van der Waals surface area contributed by atoms with Crippen LogP contribution in [-0.2, 0) is 13.4 Å². The molecular weight excluding hydrogens is 170 g/mol. The van der Waals surface area contributed by atoms with Crippen LogP contribution in [-0.4, -0.2) is 21.8 Å². The summed E-state index contributed by atoms with van der Waals surface area (Å²) in [4.78, 5) is 24.3. The molecule has 0 heterocycles. The molecule has 0 saturated carbocycles. The predicted molar refractivity (Wildman–Crippen MR) is 29.3 cm³/mol. The van der Waals surface area contributed by atoms with E-state index in [4.69, 9.17) is 14.7 Å². The predicted octanol–water partition coefficient (Wildman–Crippen LogP) is -0.0387. The van der Waals surface area contributed by atoms with Gasteiger partial charge in [-0.25, -0.2) is 8.88 Å². The second-order valence-corrected chi connectivity index (χ2v) is 3.47. The molecule has 0 aromatic heterocycles. The SMILES string of the molecule is COP(O)OP(=O)(O)O. The molecular formula is CH6O6P2. The van der Waals surface area contributed by atoms with Gasteiger partial charge in [0.25, 0.3) is 0 Å². The first-order chi connectivity index (χ1) is 3.95. The summed E-state index contributed by atoms with van der Waals surface area (Å²) >= 11 is 0. The molecule has 0 aromatic rings. The van der Waals surface area contributed by atoms with Gasteiger partial charge in [0, 0.05) is 7.11 Å². The highest BCUT2D eigenvalue weighted by Gasteiger charge is 2.20. The van der Waals surface area contributed by atoms with Gasteiger partial charge in [0.1, 0.15) is 0 Å². The van der Waals surface area contributed by atoms with Crippen molar-refractivity contribution in [2.45, 2.75) is 0 Å². The van der Waals surface area contributed by atoms with Gasteiger partial charge >= 0.3 is 16.4 Å². The molecule has 0 radical (unpaired) electrons. The van der Waals surface area contributed by atoms with E-state index in [1.165, 1.54) is 0 Å². The van der Waals surface area contributed by atoms with Gasteiger partial charge in [-0.15, -0.1) is 0 Å². The van der Waals surface area contributed by atoms with Crippen LogP contribution in [0.4, 0.5) is 0 Å². The second kappa shape index (κ2) is 3.58. The van der Waals surface area contributed by atoms with E-state index in [9.17, 15) is 4.57 Å². The minimum absolute atomic E-state index is 1.07. The van der Waals surface area contributed by atoms with Crippen molar-refractivity contribution in [3.8, 4) is 0 Å². The average Bonchev–Trinajstić information content (AvgIpc) is 1.62.